The van der Waals surface area contributed by atoms with Gasteiger partial charge >= 0.3 is 5.97 Å². The third-order valence-electron chi connectivity index (χ3n) is 4.04. The SMILES string of the molecule is C/C(=N\NC(=O)c1ccc(C(=O)NCC(=O)O)s1)c1csc(-c2ccc(Cl)cc2)c1O. The van der Waals surface area contributed by atoms with Crippen LogP contribution in [-0.4, -0.2) is 40.3 Å². The zero-order chi connectivity index (χ0) is 22.5. The number of carbonyl (C=O) groups excluding carboxylic acids is 2. The number of amides is 2. The number of carbonyl (C=O) groups is 3. The lowest BCUT2D eigenvalue weighted by Gasteiger charge is -2.03. The van der Waals surface area contributed by atoms with Gasteiger partial charge in [-0.25, -0.2) is 5.43 Å². The molecule has 2 aromatic heterocycles. The molecule has 0 atom stereocenters. The molecule has 11 heteroatoms. The van der Waals surface area contributed by atoms with E-state index in [1.807, 2.05) is 0 Å². The minimum absolute atomic E-state index is 0.0522. The van der Waals surface area contributed by atoms with Crippen molar-refractivity contribution in [1.82, 2.24) is 10.7 Å². The molecular formula is C20H16ClN3O5S2. The average molecular weight is 478 g/mol. The zero-order valence-corrected chi connectivity index (χ0v) is 18.4. The first-order valence-corrected chi connectivity index (χ1v) is 10.8. The fourth-order valence-electron chi connectivity index (χ4n) is 2.49. The molecule has 3 rings (SSSR count). The average Bonchev–Trinajstić information content (AvgIpc) is 3.38. The molecule has 160 valence electrons. The van der Waals surface area contributed by atoms with Crippen LogP contribution in [0.4, 0.5) is 0 Å². The van der Waals surface area contributed by atoms with Crippen LogP contribution in [0.3, 0.4) is 0 Å². The second-order valence-electron chi connectivity index (χ2n) is 6.21. The van der Waals surface area contributed by atoms with E-state index >= 15 is 0 Å². The number of halogens is 1. The molecule has 0 saturated heterocycles. The topological polar surface area (TPSA) is 128 Å². The van der Waals surface area contributed by atoms with Crippen molar-refractivity contribution in [3.63, 3.8) is 0 Å². The van der Waals surface area contributed by atoms with Gasteiger partial charge in [-0.15, -0.1) is 22.7 Å². The van der Waals surface area contributed by atoms with E-state index in [2.05, 4.69) is 15.8 Å². The Morgan fingerprint density at radius 2 is 1.71 bits per heavy atom. The molecule has 0 spiro atoms. The molecule has 31 heavy (non-hydrogen) atoms. The molecule has 0 aliphatic rings. The predicted octanol–water partition coefficient (Wildman–Crippen LogP) is 3.80. The van der Waals surface area contributed by atoms with E-state index in [1.165, 1.54) is 23.5 Å². The fourth-order valence-corrected chi connectivity index (χ4v) is 4.44. The number of aromatic hydroxyl groups is 1. The molecule has 0 radical (unpaired) electrons. The number of carboxylic acids is 1. The monoisotopic (exact) mass is 477 g/mol. The molecule has 0 fully saturated rings. The number of hydrazone groups is 1. The molecule has 2 amide bonds. The smallest absolute Gasteiger partial charge is 0.322 e. The van der Waals surface area contributed by atoms with Gasteiger partial charge in [-0.3, -0.25) is 14.4 Å². The Labute approximate surface area is 189 Å². The van der Waals surface area contributed by atoms with Crippen LogP contribution in [0.5, 0.6) is 5.75 Å². The molecular weight excluding hydrogens is 462 g/mol. The lowest BCUT2D eigenvalue weighted by atomic mass is 10.1. The van der Waals surface area contributed by atoms with Crippen molar-refractivity contribution in [3.05, 3.63) is 62.1 Å². The molecule has 2 heterocycles. The van der Waals surface area contributed by atoms with Gasteiger partial charge in [-0.1, -0.05) is 23.7 Å². The van der Waals surface area contributed by atoms with Gasteiger partial charge in [0.15, 0.2) is 0 Å². The first-order valence-electron chi connectivity index (χ1n) is 8.77. The summed E-state index contributed by atoms with van der Waals surface area (Å²) in [5, 5.41) is 27.8. The number of nitrogens with one attached hydrogen (secondary N) is 2. The van der Waals surface area contributed by atoms with Gasteiger partial charge in [0.05, 0.1) is 25.9 Å². The molecule has 1 aromatic carbocycles. The Kier molecular flexibility index (Phi) is 7.06. The number of hydrogen-bond donors (Lipinski definition) is 4. The molecule has 0 bridgehead atoms. The zero-order valence-electron chi connectivity index (χ0n) is 16.0. The van der Waals surface area contributed by atoms with Gasteiger partial charge in [0.1, 0.15) is 12.3 Å². The lowest BCUT2D eigenvalue weighted by molar-refractivity contribution is -0.135. The maximum absolute atomic E-state index is 12.3. The van der Waals surface area contributed by atoms with Crippen LogP contribution in [0.2, 0.25) is 5.02 Å². The third kappa shape index (κ3) is 5.48. The number of benzene rings is 1. The summed E-state index contributed by atoms with van der Waals surface area (Å²) in [6.45, 7) is 1.14. The van der Waals surface area contributed by atoms with Gasteiger partial charge in [-0.05, 0) is 36.8 Å². The lowest BCUT2D eigenvalue weighted by Crippen LogP contribution is -2.28. The van der Waals surface area contributed by atoms with Crippen LogP contribution in [0.25, 0.3) is 10.4 Å². The van der Waals surface area contributed by atoms with Crippen LogP contribution < -0.4 is 10.7 Å². The second-order valence-corrected chi connectivity index (χ2v) is 8.61. The van der Waals surface area contributed by atoms with Gasteiger partial charge < -0.3 is 15.5 Å². The van der Waals surface area contributed by atoms with E-state index in [9.17, 15) is 19.5 Å². The van der Waals surface area contributed by atoms with Gasteiger partial charge in [0.2, 0.25) is 0 Å². The highest BCUT2D eigenvalue weighted by Crippen LogP contribution is 2.39. The normalized spacial score (nSPS) is 11.2. The Bertz CT molecular complexity index is 1170. The van der Waals surface area contributed by atoms with Crippen LogP contribution in [-0.2, 0) is 4.79 Å². The number of nitrogens with zero attached hydrogens (tertiary/aromatic N) is 1. The maximum atomic E-state index is 12.3. The predicted molar refractivity (Wildman–Crippen MR) is 120 cm³/mol. The highest BCUT2D eigenvalue weighted by Gasteiger charge is 2.17. The molecule has 3 aromatic rings. The standard InChI is InChI=1S/C20H16ClN3O5S2/c1-10(13-9-30-18(17(13)27)11-2-4-12(21)5-3-11)23-24-20(29)15-7-6-14(31-15)19(28)22-8-16(25)26/h2-7,9,27H,8H2,1H3,(H,22,28)(H,24,29)(H,25,26)/b23-10+. The van der Waals surface area contributed by atoms with Crippen LogP contribution in [0.1, 0.15) is 31.8 Å². The third-order valence-corrected chi connectivity index (χ3v) is 6.39. The summed E-state index contributed by atoms with van der Waals surface area (Å²) >= 11 is 8.15. The Balaban J connectivity index is 1.68. The van der Waals surface area contributed by atoms with Crippen molar-refractivity contribution in [2.75, 3.05) is 6.54 Å². The highest BCUT2D eigenvalue weighted by atomic mass is 35.5. The van der Waals surface area contributed by atoms with E-state index in [-0.39, 0.29) is 15.5 Å². The summed E-state index contributed by atoms with van der Waals surface area (Å²) in [5.74, 6) is -2.22. The number of thiophene rings is 2. The number of hydrogen-bond acceptors (Lipinski definition) is 7. The van der Waals surface area contributed by atoms with Gasteiger partial charge in [0, 0.05) is 10.4 Å². The molecule has 4 N–H and O–H groups in total. The van der Waals surface area contributed by atoms with Crippen LogP contribution in [0.15, 0.2) is 46.9 Å². The van der Waals surface area contributed by atoms with Crippen molar-refractivity contribution < 1.29 is 24.6 Å². The van der Waals surface area contributed by atoms with Crippen molar-refractivity contribution in [3.8, 4) is 16.2 Å². The fraction of sp³-hybridized carbons (Fsp3) is 0.100. The number of carboxylic acid groups (broad SMARTS) is 1. The molecule has 0 unspecified atom stereocenters. The van der Waals surface area contributed by atoms with E-state index < -0.39 is 24.3 Å². The van der Waals surface area contributed by atoms with Crippen molar-refractivity contribution in [1.29, 1.82) is 0 Å². The first kappa shape index (κ1) is 22.5. The summed E-state index contributed by atoms with van der Waals surface area (Å²) in [5.41, 5.74) is 4.08. The van der Waals surface area contributed by atoms with Crippen LogP contribution in [0, 0.1) is 0 Å². The summed E-state index contributed by atoms with van der Waals surface area (Å²) in [6.07, 6.45) is 0. The van der Waals surface area contributed by atoms with E-state index in [4.69, 9.17) is 16.7 Å². The summed E-state index contributed by atoms with van der Waals surface area (Å²) in [7, 11) is 0. The number of rotatable bonds is 7. The van der Waals surface area contributed by atoms with E-state index in [0.29, 0.717) is 21.2 Å². The van der Waals surface area contributed by atoms with E-state index in [1.54, 1.807) is 36.6 Å². The van der Waals surface area contributed by atoms with Gasteiger partial charge in [0.25, 0.3) is 11.8 Å². The van der Waals surface area contributed by atoms with Gasteiger partial charge in [-0.2, -0.15) is 5.10 Å². The Hall–Kier alpha value is -3.21. The summed E-state index contributed by atoms with van der Waals surface area (Å²) in [6, 6.07) is 9.93. The van der Waals surface area contributed by atoms with E-state index in [0.717, 1.165) is 16.9 Å². The van der Waals surface area contributed by atoms with Crippen LogP contribution >= 0.6 is 34.3 Å². The number of aliphatic carboxylic acids is 1. The maximum Gasteiger partial charge on any atom is 0.322 e. The minimum atomic E-state index is -1.16. The second kappa shape index (κ2) is 9.73. The van der Waals surface area contributed by atoms with Crippen molar-refractivity contribution >= 4 is 57.8 Å². The molecule has 0 aliphatic heterocycles. The largest absolute Gasteiger partial charge is 0.506 e. The first-order chi connectivity index (χ1) is 14.8. The molecule has 8 nitrogen and oxygen atoms in total. The summed E-state index contributed by atoms with van der Waals surface area (Å²) < 4.78 is 0. The van der Waals surface area contributed by atoms with Crippen molar-refractivity contribution in [2.24, 2.45) is 5.10 Å². The molecule has 0 aliphatic carbocycles. The molecule has 0 saturated carbocycles. The Morgan fingerprint density at radius 1 is 1.06 bits per heavy atom. The highest BCUT2D eigenvalue weighted by molar-refractivity contribution is 7.16. The summed E-state index contributed by atoms with van der Waals surface area (Å²) in [4.78, 5) is 35.8. The quantitative estimate of drug-likeness (QED) is 0.304. The minimum Gasteiger partial charge on any atom is -0.506 e. The Morgan fingerprint density at radius 3 is 2.35 bits per heavy atom. The van der Waals surface area contributed by atoms with Crippen molar-refractivity contribution in [2.45, 2.75) is 6.92 Å².